The van der Waals surface area contributed by atoms with Crippen molar-refractivity contribution in [2.24, 2.45) is 0 Å². The number of sulfonamides is 1. The molecule has 0 aliphatic carbocycles. The highest BCUT2D eigenvalue weighted by Crippen LogP contribution is 2.23. The quantitative estimate of drug-likeness (QED) is 0.681. The molecule has 21 heavy (non-hydrogen) atoms. The Morgan fingerprint density at radius 1 is 1.33 bits per heavy atom. The zero-order valence-electron chi connectivity index (χ0n) is 10.4. The van der Waals surface area contributed by atoms with Crippen LogP contribution in [0.25, 0.3) is 10.9 Å². The fourth-order valence-electron chi connectivity index (χ4n) is 1.79. The highest BCUT2D eigenvalue weighted by Gasteiger charge is 2.18. The van der Waals surface area contributed by atoms with Gasteiger partial charge in [0.15, 0.2) is 0 Å². The summed E-state index contributed by atoms with van der Waals surface area (Å²) in [5.41, 5.74) is 1.07. The summed E-state index contributed by atoms with van der Waals surface area (Å²) >= 11 is 0.864. The Labute approximate surface area is 123 Å². The molecule has 3 aromatic rings. The molecule has 2 aromatic heterocycles. The van der Waals surface area contributed by atoms with E-state index in [0.29, 0.717) is 11.2 Å². The fourth-order valence-corrected chi connectivity index (χ4v) is 3.95. The van der Waals surface area contributed by atoms with E-state index in [9.17, 15) is 13.2 Å². The molecule has 0 radical (unpaired) electrons. The van der Waals surface area contributed by atoms with Crippen LogP contribution in [0.3, 0.4) is 0 Å². The van der Waals surface area contributed by atoms with Crippen LogP contribution in [0.5, 0.6) is 0 Å². The van der Waals surface area contributed by atoms with Crippen LogP contribution in [-0.4, -0.2) is 29.7 Å². The van der Waals surface area contributed by atoms with E-state index in [0.717, 1.165) is 22.8 Å². The number of hydrogen-bond donors (Lipinski definition) is 3. The molecule has 0 aliphatic heterocycles. The highest BCUT2D eigenvalue weighted by molar-refractivity contribution is 7.92. The topological polar surface area (TPSA) is 112 Å². The summed E-state index contributed by atoms with van der Waals surface area (Å²) in [5, 5.41) is 17.6. The second kappa shape index (κ2) is 4.86. The molecule has 1 aromatic carbocycles. The van der Waals surface area contributed by atoms with Crippen LogP contribution in [0.4, 0.5) is 5.69 Å². The van der Waals surface area contributed by atoms with Gasteiger partial charge in [0.25, 0.3) is 10.0 Å². The van der Waals surface area contributed by atoms with Crippen LogP contribution in [0.1, 0.15) is 9.67 Å². The van der Waals surface area contributed by atoms with E-state index in [1.165, 1.54) is 5.38 Å². The smallest absolute Gasteiger partial charge is 0.345 e. The Morgan fingerprint density at radius 3 is 2.86 bits per heavy atom. The minimum Gasteiger partial charge on any atom is -0.477 e. The maximum absolute atomic E-state index is 12.2. The van der Waals surface area contributed by atoms with Crippen LogP contribution < -0.4 is 4.72 Å². The van der Waals surface area contributed by atoms with Crippen LogP contribution in [0.2, 0.25) is 0 Å². The van der Waals surface area contributed by atoms with E-state index in [1.54, 1.807) is 24.4 Å². The lowest BCUT2D eigenvalue weighted by molar-refractivity contribution is 0.0702. The van der Waals surface area contributed by atoms with Gasteiger partial charge in [-0.1, -0.05) is 0 Å². The van der Waals surface area contributed by atoms with Gasteiger partial charge in [-0.15, -0.1) is 11.3 Å². The maximum atomic E-state index is 12.2. The van der Waals surface area contributed by atoms with E-state index in [1.807, 2.05) is 0 Å². The minimum atomic E-state index is -3.81. The van der Waals surface area contributed by atoms with Crippen molar-refractivity contribution in [3.8, 4) is 0 Å². The monoisotopic (exact) mass is 323 g/mol. The second-order valence-electron chi connectivity index (χ2n) is 4.23. The van der Waals surface area contributed by atoms with Gasteiger partial charge in [-0.25, -0.2) is 13.2 Å². The number of carboxylic acid groups (broad SMARTS) is 1. The second-order valence-corrected chi connectivity index (χ2v) is 6.82. The number of carbonyl (C=O) groups is 1. The predicted octanol–water partition coefficient (Wildman–Crippen LogP) is 2.12. The summed E-state index contributed by atoms with van der Waals surface area (Å²) in [6.45, 7) is 0. The average Bonchev–Trinajstić information content (AvgIpc) is 3.07. The molecule has 7 nitrogen and oxygen atoms in total. The molecular weight excluding hydrogens is 314 g/mol. The Balaban J connectivity index is 1.92. The number of hydrogen-bond acceptors (Lipinski definition) is 5. The number of fused-ring (bicyclic) bond motifs is 1. The van der Waals surface area contributed by atoms with Crippen molar-refractivity contribution in [1.82, 2.24) is 10.2 Å². The summed E-state index contributed by atoms with van der Waals surface area (Å²) < 4.78 is 26.8. The molecule has 9 heteroatoms. The van der Waals surface area contributed by atoms with Gasteiger partial charge < -0.3 is 5.11 Å². The third kappa shape index (κ3) is 2.60. The molecule has 0 saturated heterocycles. The molecular formula is C12H9N3O4S2. The molecule has 3 rings (SSSR count). The number of aromatic nitrogens is 2. The first kappa shape index (κ1) is 13.6. The predicted molar refractivity (Wildman–Crippen MR) is 78.2 cm³/mol. The maximum Gasteiger partial charge on any atom is 0.345 e. The molecule has 0 unspecified atom stereocenters. The third-order valence-corrected chi connectivity index (χ3v) is 5.22. The number of benzene rings is 1. The number of anilines is 1. The number of nitrogens with one attached hydrogen (secondary N) is 2. The van der Waals surface area contributed by atoms with E-state index in [-0.39, 0.29) is 9.77 Å². The van der Waals surface area contributed by atoms with Gasteiger partial charge in [-0.2, -0.15) is 5.10 Å². The molecule has 0 atom stereocenters. The Kier molecular flexibility index (Phi) is 3.15. The van der Waals surface area contributed by atoms with Crippen LogP contribution in [0, 0.1) is 0 Å². The zero-order valence-corrected chi connectivity index (χ0v) is 12.0. The first-order chi connectivity index (χ1) is 9.95. The van der Waals surface area contributed by atoms with Crippen molar-refractivity contribution in [3.05, 3.63) is 40.7 Å². The fraction of sp³-hybridized carbons (Fsp3) is 0. The Bertz CT molecular complexity index is 927. The molecule has 108 valence electrons. The molecule has 0 bridgehead atoms. The van der Waals surface area contributed by atoms with Gasteiger partial charge in [-0.3, -0.25) is 9.82 Å². The van der Waals surface area contributed by atoms with Gasteiger partial charge in [0, 0.05) is 10.8 Å². The minimum absolute atomic E-state index is 0.0283. The van der Waals surface area contributed by atoms with Crippen molar-refractivity contribution in [2.45, 2.75) is 4.90 Å². The number of aromatic amines is 1. The van der Waals surface area contributed by atoms with Crippen molar-refractivity contribution >= 4 is 43.9 Å². The summed E-state index contributed by atoms with van der Waals surface area (Å²) in [4.78, 5) is 10.7. The summed E-state index contributed by atoms with van der Waals surface area (Å²) in [5.74, 6) is -1.15. The van der Waals surface area contributed by atoms with Gasteiger partial charge in [0.2, 0.25) is 0 Å². The van der Waals surface area contributed by atoms with Gasteiger partial charge in [0.05, 0.1) is 22.3 Å². The molecule has 0 spiro atoms. The van der Waals surface area contributed by atoms with Crippen molar-refractivity contribution in [3.63, 3.8) is 0 Å². The largest absolute Gasteiger partial charge is 0.477 e. The number of thiophene rings is 1. The normalized spacial score (nSPS) is 11.6. The van der Waals surface area contributed by atoms with E-state index < -0.39 is 16.0 Å². The van der Waals surface area contributed by atoms with Crippen LogP contribution in [-0.2, 0) is 10.0 Å². The van der Waals surface area contributed by atoms with Gasteiger partial charge >= 0.3 is 5.97 Å². The molecule has 0 aliphatic rings. The molecule has 0 amide bonds. The lowest BCUT2D eigenvalue weighted by atomic mass is 10.2. The highest BCUT2D eigenvalue weighted by atomic mass is 32.2. The molecule has 0 saturated carbocycles. The lowest BCUT2D eigenvalue weighted by Crippen LogP contribution is -2.12. The number of H-pyrrole nitrogens is 1. The number of nitrogens with zero attached hydrogens (tertiary/aromatic N) is 1. The molecule has 2 heterocycles. The number of carboxylic acids is 1. The lowest BCUT2D eigenvalue weighted by Gasteiger charge is -2.06. The van der Waals surface area contributed by atoms with E-state index in [2.05, 4.69) is 14.9 Å². The first-order valence-electron chi connectivity index (χ1n) is 5.73. The zero-order chi connectivity index (χ0) is 15.0. The van der Waals surface area contributed by atoms with Crippen molar-refractivity contribution < 1.29 is 18.3 Å². The standard InChI is InChI=1S/C12H9N3O4S2/c16-12(17)11-4-9(6-20-11)21(18,19)15-8-2-1-7-5-13-14-10(7)3-8/h1-6,15H,(H,13,14)(H,16,17). The average molecular weight is 323 g/mol. The number of rotatable bonds is 4. The number of aromatic carboxylic acids is 1. The first-order valence-corrected chi connectivity index (χ1v) is 8.10. The summed E-state index contributed by atoms with van der Waals surface area (Å²) in [6, 6.07) is 6.08. The SMILES string of the molecule is O=C(O)c1cc(S(=O)(=O)Nc2ccc3cn[nH]c3c2)cs1. The summed E-state index contributed by atoms with van der Waals surface area (Å²) in [7, 11) is -3.81. The Hall–Kier alpha value is -2.39. The summed E-state index contributed by atoms with van der Waals surface area (Å²) in [6.07, 6.45) is 1.63. The molecule has 0 fully saturated rings. The van der Waals surface area contributed by atoms with Crippen LogP contribution in [0.15, 0.2) is 40.7 Å². The van der Waals surface area contributed by atoms with E-state index in [4.69, 9.17) is 5.11 Å². The van der Waals surface area contributed by atoms with Gasteiger partial charge in [-0.05, 0) is 24.3 Å². The Morgan fingerprint density at radius 2 is 2.14 bits per heavy atom. The van der Waals surface area contributed by atoms with E-state index >= 15 is 0 Å². The molecule has 3 N–H and O–H groups in total. The third-order valence-electron chi connectivity index (χ3n) is 2.79. The van der Waals surface area contributed by atoms with Crippen LogP contribution >= 0.6 is 11.3 Å². The van der Waals surface area contributed by atoms with Crippen molar-refractivity contribution in [1.29, 1.82) is 0 Å². The van der Waals surface area contributed by atoms with Crippen molar-refractivity contribution in [2.75, 3.05) is 4.72 Å². The van der Waals surface area contributed by atoms with Gasteiger partial charge in [0.1, 0.15) is 4.88 Å².